The number of aromatic nitrogens is 2. The van der Waals surface area contributed by atoms with E-state index in [1.807, 2.05) is 22.8 Å². The first kappa shape index (κ1) is 13.1. The molecule has 0 amide bonds. The van der Waals surface area contributed by atoms with Gasteiger partial charge in [0.15, 0.2) is 0 Å². The fourth-order valence-electron chi connectivity index (χ4n) is 2.24. The molecule has 0 bridgehead atoms. The van der Waals surface area contributed by atoms with Crippen LogP contribution in [-0.4, -0.2) is 9.55 Å². The number of imidazole rings is 1. The lowest BCUT2D eigenvalue weighted by molar-refractivity contribution is 0.626. The third-order valence-corrected chi connectivity index (χ3v) is 3.77. The molecule has 3 nitrogen and oxygen atoms in total. The van der Waals surface area contributed by atoms with E-state index in [4.69, 9.17) is 5.73 Å². The van der Waals surface area contributed by atoms with Crippen molar-refractivity contribution in [3.63, 3.8) is 0 Å². The van der Waals surface area contributed by atoms with Gasteiger partial charge in [0.05, 0.1) is 11.0 Å². The third-order valence-electron chi connectivity index (χ3n) is 3.28. The molecule has 20 heavy (non-hydrogen) atoms. The first-order valence-corrected chi connectivity index (χ1v) is 7.08. The quantitative estimate of drug-likeness (QED) is 0.793. The van der Waals surface area contributed by atoms with Crippen molar-refractivity contribution in [2.75, 3.05) is 5.73 Å². The Morgan fingerprint density at radius 2 is 1.90 bits per heavy atom. The van der Waals surface area contributed by atoms with Crippen molar-refractivity contribution in [3.05, 3.63) is 58.3 Å². The highest BCUT2D eigenvalue weighted by atomic mass is 79.9. The number of nitrogens with two attached hydrogens (primary N) is 1. The molecule has 2 N–H and O–H groups in total. The van der Waals surface area contributed by atoms with Crippen molar-refractivity contribution in [3.8, 4) is 0 Å². The van der Waals surface area contributed by atoms with Gasteiger partial charge in [-0.15, -0.1) is 0 Å². The zero-order chi connectivity index (χ0) is 14.1. The summed E-state index contributed by atoms with van der Waals surface area (Å²) >= 11 is 3.46. The number of hydrogen-bond acceptors (Lipinski definition) is 2. The maximum absolute atomic E-state index is 12.9. The molecule has 0 saturated carbocycles. The lowest BCUT2D eigenvalue weighted by atomic mass is 10.1. The molecule has 0 fully saturated rings. The minimum atomic E-state index is -0.217. The van der Waals surface area contributed by atoms with Crippen LogP contribution in [0, 0.1) is 5.82 Å². The molecule has 3 aromatic rings. The van der Waals surface area contributed by atoms with Gasteiger partial charge < -0.3 is 10.3 Å². The minimum absolute atomic E-state index is 0.217. The van der Waals surface area contributed by atoms with Crippen molar-refractivity contribution in [1.29, 1.82) is 0 Å². The maximum Gasteiger partial charge on any atom is 0.201 e. The second kappa shape index (κ2) is 5.25. The van der Waals surface area contributed by atoms with Crippen LogP contribution in [0.2, 0.25) is 0 Å². The molecule has 0 unspecified atom stereocenters. The van der Waals surface area contributed by atoms with Gasteiger partial charge in [0, 0.05) is 11.0 Å². The Hall–Kier alpha value is -1.88. The number of fused-ring (bicyclic) bond motifs is 1. The summed E-state index contributed by atoms with van der Waals surface area (Å²) in [6.45, 7) is 0.713. The first-order chi connectivity index (χ1) is 9.63. The second-order valence-corrected chi connectivity index (χ2v) is 5.55. The molecule has 0 aliphatic rings. The van der Waals surface area contributed by atoms with E-state index in [-0.39, 0.29) is 5.82 Å². The SMILES string of the molecule is Nc1nc2ccc(Br)cc2n1CCc1ccc(F)cc1. The van der Waals surface area contributed by atoms with E-state index in [1.54, 1.807) is 12.1 Å². The largest absolute Gasteiger partial charge is 0.369 e. The van der Waals surface area contributed by atoms with Crippen LogP contribution < -0.4 is 5.73 Å². The summed E-state index contributed by atoms with van der Waals surface area (Å²) in [6, 6.07) is 12.4. The van der Waals surface area contributed by atoms with Crippen molar-refractivity contribution in [2.45, 2.75) is 13.0 Å². The molecular weight excluding hydrogens is 321 g/mol. The van der Waals surface area contributed by atoms with E-state index in [2.05, 4.69) is 20.9 Å². The molecule has 0 saturated heterocycles. The molecule has 5 heteroatoms. The van der Waals surface area contributed by atoms with Gasteiger partial charge in [-0.3, -0.25) is 0 Å². The predicted octanol–water partition coefficient (Wildman–Crippen LogP) is 3.76. The number of anilines is 1. The molecular formula is C15H13BrFN3. The number of halogens is 2. The summed E-state index contributed by atoms with van der Waals surface area (Å²) in [5.41, 5.74) is 8.92. The molecule has 0 aliphatic heterocycles. The summed E-state index contributed by atoms with van der Waals surface area (Å²) in [7, 11) is 0. The van der Waals surface area contributed by atoms with Gasteiger partial charge in [-0.1, -0.05) is 28.1 Å². The maximum atomic E-state index is 12.9. The normalized spacial score (nSPS) is 11.1. The summed E-state index contributed by atoms with van der Waals surface area (Å²) in [5.74, 6) is 0.283. The van der Waals surface area contributed by atoms with Gasteiger partial charge in [0.2, 0.25) is 5.95 Å². The number of nitrogens with zero attached hydrogens (tertiary/aromatic N) is 2. The van der Waals surface area contributed by atoms with Crippen LogP contribution >= 0.6 is 15.9 Å². The van der Waals surface area contributed by atoms with E-state index in [1.165, 1.54) is 12.1 Å². The summed E-state index contributed by atoms with van der Waals surface area (Å²) in [4.78, 5) is 4.34. The average molecular weight is 334 g/mol. The van der Waals surface area contributed by atoms with Crippen molar-refractivity contribution >= 4 is 32.9 Å². The molecule has 3 rings (SSSR count). The fourth-order valence-corrected chi connectivity index (χ4v) is 2.59. The fraction of sp³-hybridized carbons (Fsp3) is 0.133. The molecule has 0 radical (unpaired) electrons. The van der Waals surface area contributed by atoms with Crippen LogP contribution in [-0.2, 0) is 13.0 Å². The molecule has 1 heterocycles. The summed E-state index contributed by atoms with van der Waals surface area (Å²) in [5, 5.41) is 0. The van der Waals surface area contributed by atoms with Gasteiger partial charge in [-0.05, 0) is 42.3 Å². The Morgan fingerprint density at radius 3 is 2.65 bits per heavy atom. The molecule has 0 aliphatic carbocycles. The number of nitrogen functional groups attached to an aromatic ring is 1. The highest BCUT2D eigenvalue weighted by Gasteiger charge is 2.08. The highest BCUT2D eigenvalue weighted by Crippen LogP contribution is 2.22. The average Bonchev–Trinajstić information content (AvgIpc) is 2.73. The van der Waals surface area contributed by atoms with Gasteiger partial charge in [0.1, 0.15) is 5.82 Å². The number of aryl methyl sites for hydroxylation is 2. The van der Waals surface area contributed by atoms with Crippen LogP contribution in [0.1, 0.15) is 5.56 Å². The molecule has 1 aromatic heterocycles. The number of hydrogen-bond donors (Lipinski definition) is 1. The lowest BCUT2D eigenvalue weighted by Gasteiger charge is -2.07. The predicted molar refractivity (Wildman–Crippen MR) is 81.9 cm³/mol. The summed E-state index contributed by atoms with van der Waals surface area (Å²) in [6.07, 6.45) is 0.780. The van der Waals surface area contributed by atoms with E-state index in [0.717, 1.165) is 27.5 Å². The van der Waals surface area contributed by atoms with Crippen LogP contribution in [0.15, 0.2) is 46.9 Å². The van der Waals surface area contributed by atoms with Gasteiger partial charge >= 0.3 is 0 Å². The van der Waals surface area contributed by atoms with E-state index < -0.39 is 0 Å². The van der Waals surface area contributed by atoms with Crippen LogP contribution in [0.3, 0.4) is 0 Å². The van der Waals surface area contributed by atoms with Gasteiger partial charge in [-0.2, -0.15) is 0 Å². The Balaban J connectivity index is 1.88. The smallest absolute Gasteiger partial charge is 0.201 e. The Morgan fingerprint density at radius 1 is 1.15 bits per heavy atom. The van der Waals surface area contributed by atoms with E-state index in [0.29, 0.717) is 12.5 Å². The zero-order valence-corrected chi connectivity index (χ0v) is 12.3. The number of rotatable bonds is 3. The Labute approximate surface area is 124 Å². The molecule has 0 spiro atoms. The van der Waals surface area contributed by atoms with E-state index in [9.17, 15) is 4.39 Å². The van der Waals surface area contributed by atoms with Gasteiger partial charge in [0.25, 0.3) is 0 Å². The monoisotopic (exact) mass is 333 g/mol. The summed E-state index contributed by atoms with van der Waals surface area (Å²) < 4.78 is 15.8. The number of benzene rings is 2. The highest BCUT2D eigenvalue weighted by molar-refractivity contribution is 9.10. The van der Waals surface area contributed by atoms with Crippen LogP contribution in [0.5, 0.6) is 0 Å². The molecule has 0 atom stereocenters. The third kappa shape index (κ3) is 2.54. The Kier molecular flexibility index (Phi) is 3.44. The van der Waals surface area contributed by atoms with Crippen LogP contribution in [0.4, 0.5) is 10.3 Å². The lowest BCUT2D eigenvalue weighted by Crippen LogP contribution is -2.05. The van der Waals surface area contributed by atoms with Crippen molar-refractivity contribution in [1.82, 2.24) is 9.55 Å². The first-order valence-electron chi connectivity index (χ1n) is 6.29. The topological polar surface area (TPSA) is 43.8 Å². The van der Waals surface area contributed by atoms with Gasteiger partial charge in [-0.25, -0.2) is 9.37 Å². The van der Waals surface area contributed by atoms with Crippen molar-refractivity contribution < 1.29 is 4.39 Å². The molecule has 2 aromatic carbocycles. The zero-order valence-electron chi connectivity index (χ0n) is 10.7. The Bertz CT molecular complexity index is 750. The minimum Gasteiger partial charge on any atom is -0.369 e. The second-order valence-electron chi connectivity index (χ2n) is 4.63. The van der Waals surface area contributed by atoms with E-state index >= 15 is 0 Å². The molecule has 102 valence electrons. The van der Waals surface area contributed by atoms with Crippen LogP contribution in [0.25, 0.3) is 11.0 Å². The van der Waals surface area contributed by atoms with Crippen molar-refractivity contribution in [2.24, 2.45) is 0 Å². The standard InChI is InChI=1S/C15H13BrFN3/c16-11-3-6-13-14(9-11)20(15(18)19-13)8-7-10-1-4-12(17)5-2-10/h1-6,9H,7-8H2,(H2,18,19).